The second-order valence-corrected chi connectivity index (χ2v) is 7.87. The zero-order chi connectivity index (χ0) is 15.9. The summed E-state index contributed by atoms with van der Waals surface area (Å²) in [7, 11) is 0. The fraction of sp³-hybridized carbons (Fsp3) is 0.684. The van der Waals surface area contributed by atoms with Crippen molar-refractivity contribution in [2.24, 2.45) is 5.41 Å². The van der Waals surface area contributed by atoms with E-state index in [0.717, 1.165) is 18.0 Å². The molecule has 3 aliphatic rings. The monoisotopic (exact) mass is 316 g/mol. The molecule has 126 valence electrons. The number of piperidine rings is 2. The van der Waals surface area contributed by atoms with E-state index in [-0.39, 0.29) is 0 Å². The van der Waals surface area contributed by atoms with Gasteiger partial charge in [0.25, 0.3) is 0 Å². The Balaban J connectivity index is 1.42. The van der Waals surface area contributed by atoms with Crippen LogP contribution in [0.5, 0.6) is 11.5 Å². The van der Waals surface area contributed by atoms with E-state index in [2.05, 4.69) is 22.3 Å². The Bertz CT molecular complexity index is 569. The number of hydrogen-bond donors (Lipinski definition) is 1. The maximum atomic E-state index is 6.02. The Hall–Kier alpha value is -1.26. The summed E-state index contributed by atoms with van der Waals surface area (Å²) >= 11 is 0. The summed E-state index contributed by atoms with van der Waals surface area (Å²) in [5.74, 6) is 1.29. The molecular formula is C19H28N2O2. The first-order chi connectivity index (χ1) is 11.1. The third-order valence-corrected chi connectivity index (χ3v) is 5.74. The van der Waals surface area contributed by atoms with Crippen molar-refractivity contribution in [2.45, 2.75) is 51.9 Å². The fourth-order valence-electron chi connectivity index (χ4n) is 4.30. The van der Waals surface area contributed by atoms with Crippen LogP contribution in [0.15, 0.2) is 18.2 Å². The molecule has 23 heavy (non-hydrogen) atoms. The van der Waals surface area contributed by atoms with Gasteiger partial charge in [-0.2, -0.15) is 0 Å². The molecule has 0 aliphatic carbocycles. The van der Waals surface area contributed by atoms with Gasteiger partial charge in [0, 0.05) is 26.0 Å². The summed E-state index contributed by atoms with van der Waals surface area (Å²) in [6.07, 6.45) is 5.39. The van der Waals surface area contributed by atoms with E-state index in [1.54, 1.807) is 0 Å². The van der Waals surface area contributed by atoms with Gasteiger partial charge >= 0.3 is 0 Å². The molecule has 4 heteroatoms. The van der Waals surface area contributed by atoms with Crippen LogP contribution in [0.1, 0.15) is 45.1 Å². The van der Waals surface area contributed by atoms with Crippen molar-refractivity contribution in [3.63, 3.8) is 0 Å². The smallest absolute Gasteiger partial charge is 0.246 e. The van der Waals surface area contributed by atoms with Crippen molar-refractivity contribution >= 4 is 0 Å². The molecule has 0 aromatic heterocycles. The van der Waals surface area contributed by atoms with Crippen LogP contribution < -0.4 is 14.8 Å². The standard InChI is InChI=1S/C19H28N2O2/c1-18(2)22-16-5-3-4-15(17(16)23-18)14-21-12-8-19(9-13-21)6-10-20-11-7-19/h3-5,20H,6-14H2,1-2H3. The van der Waals surface area contributed by atoms with E-state index < -0.39 is 5.79 Å². The van der Waals surface area contributed by atoms with Gasteiger partial charge in [-0.3, -0.25) is 4.90 Å². The Kier molecular flexibility index (Phi) is 3.77. The van der Waals surface area contributed by atoms with Gasteiger partial charge in [-0.05, 0) is 63.3 Å². The molecule has 1 aromatic rings. The maximum Gasteiger partial charge on any atom is 0.246 e. The van der Waals surface area contributed by atoms with E-state index in [4.69, 9.17) is 9.47 Å². The van der Waals surface area contributed by atoms with Crippen LogP contribution in [-0.2, 0) is 6.54 Å². The molecule has 0 radical (unpaired) electrons. The Morgan fingerprint density at radius 1 is 1.04 bits per heavy atom. The predicted molar refractivity (Wildman–Crippen MR) is 90.8 cm³/mol. The number of nitrogens with one attached hydrogen (secondary N) is 1. The van der Waals surface area contributed by atoms with Crippen LogP contribution in [-0.4, -0.2) is 36.9 Å². The van der Waals surface area contributed by atoms with E-state index in [1.165, 1.54) is 57.4 Å². The molecule has 2 saturated heterocycles. The molecule has 1 spiro atoms. The van der Waals surface area contributed by atoms with Crippen LogP contribution in [0, 0.1) is 5.41 Å². The lowest BCUT2D eigenvalue weighted by Crippen LogP contribution is -2.45. The number of ether oxygens (including phenoxy) is 2. The van der Waals surface area contributed by atoms with Gasteiger partial charge in [0.1, 0.15) is 0 Å². The Morgan fingerprint density at radius 2 is 1.78 bits per heavy atom. The second kappa shape index (κ2) is 5.67. The predicted octanol–water partition coefficient (Wildman–Crippen LogP) is 3.16. The molecule has 3 heterocycles. The number of hydrogen-bond acceptors (Lipinski definition) is 4. The highest BCUT2D eigenvalue weighted by Crippen LogP contribution is 2.43. The van der Waals surface area contributed by atoms with Crippen molar-refractivity contribution in [1.29, 1.82) is 0 Å². The van der Waals surface area contributed by atoms with Crippen molar-refractivity contribution in [1.82, 2.24) is 10.2 Å². The normalized spacial score (nSPS) is 25.7. The maximum absolute atomic E-state index is 6.02. The van der Waals surface area contributed by atoms with Crippen molar-refractivity contribution in [3.8, 4) is 11.5 Å². The molecule has 3 aliphatic heterocycles. The summed E-state index contributed by atoms with van der Waals surface area (Å²) in [6.45, 7) is 9.72. The number of nitrogens with zero attached hydrogens (tertiary/aromatic N) is 1. The fourth-order valence-corrected chi connectivity index (χ4v) is 4.30. The summed E-state index contributed by atoms with van der Waals surface area (Å²) in [6, 6.07) is 6.27. The van der Waals surface area contributed by atoms with E-state index in [9.17, 15) is 0 Å². The van der Waals surface area contributed by atoms with Gasteiger partial charge in [0.2, 0.25) is 5.79 Å². The second-order valence-electron chi connectivity index (χ2n) is 7.87. The number of benzene rings is 1. The van der Waals surface area contributed by atoms with Crippen LogP contribution in [0.4, 0.5) is 0 Å². The first-order valence-electron chi connectivity index (χ1n) is 8.98. The summed E-state index contributed by atoms with van der Waals surface area (Å²) in [5.41, 5.74) is 1.87. The molecular weight excluding hydrogens is 288 g/mol. The minimum absolute atomic E-state index is 0.542. The number of likely N-dealkylation sites (tertiary alicyclic amines) is 1. The molecule has 2 fully saturated rings. The summed E-state index contributed by atoms with van der Waals surface area (Å²) in [4.78, 5) is 2.58. The van der Waals surface area contributed by atoms with E-state index in [1.807, 2.05) is 19.9 Å². The van der Waals surface area contributed by atoms with Gasteiger partial charge in [-0.25, -0.2) is 0 Å². The lowest BCUT2D eigenvalue weighted by atomic mass is 9.71. The lowest BCUT2D eigenvalue weighted by molar-refractivity contribution is -0.0437. The quantitative estimate of drug-likeness (QED) is 0.909. The van der Waals surface area contributed by atoms with Gasteiger partial charge < -0.3 is 14.8 Å². The average Bonchev–Trinajstić information content (AvgIpc) is 2.86. The zero-order valence-corrected chi connectivity index (χ0v) is 14.4. The molecule has 4 rings (SSSR count). The molecule has 0 saturated carbocycles. The van der Waals surface area contributed by atoms with Crippen LogP contribution in [0.2, 0.25) is 0 Å². The van der Waals surface area contributed by atoms with Crippen molar-refractivity contribution in [2.75, 3.05) is 26.2 Å². The summed E-state index contributed by atoms with van der Waals surface area (Å²) in [5, 5.41) is 3.50. The third-order valence-electron chi connectivity index (χ3n) is 5.74. The lowest BCUT2D eigenvalue weighted by Gasteiger charge is -2.44. The molecule has 1 aromatic carbocycles. The molecule has 4 nitrogen and oxygen atoms in total. The average molecular weight is 316 g/mol. The molecule has 0 bridgehead atoms. The highest BCUT2D eigenvalue weighted by Gasteiger charge is 2.37. The minimum atomic E-state index is -0.542. The number of para-hydroxylation sites is 1. The first-order valence-corrected chi connectivity index (χ1v) is 8.98. The molecule has 0 amide bonds. The topological polar surface area (TPSA) is 33.7 Å². The van der Waals surface area contributed by atoms with Gasteiger partial charge in [0.15, 0.2) is 11.5 Å². The summed E-state index contributed by atoms with van der Waals surface area (Å²) < 4.78 is 11.9. The SMILES string of the molecule is CC1(C)Oc2cccc(CN3CCC4(CCNCC4)CC3)c2O1. The highest BCUT2D eigenvalue weighted by atomic mass is 16.7. The van der Waals surface area contributed by atoms with Crippen molar-refractivity contribution < 1.29 is 9.47 Å². The zero-order valence-electron chi connectivity index (χ0n) is 14.4. The largest absolute Gasteiger partial charge is 0.449 e. The van der Waals surface area contributed by atoms with Gasteiger partial charge in [-0.15, -0.1) is 0 Å². The third kappa shape index (κ3) is 3.07. The Labute approximate surface area is 139 Å². The van der Waals surface area contributed by atoms with Crippen molar-refractivity contribution in [3.05, 3.63) is 23.8 Å². The van der Waals surface area contributed by atoms with E-state index in [0.29, 0.717) is 5.41 Å². The minimum Gasteiger partial charge on any atom is -0.449 e. The highest BCUT2D eigenvalue weighted by molar-refractivity contribution is 5.49. The Morgan fingerprint density at radius 3 is 2.52 bits per heavy atom. The van der Waals surface area contributed by atoms with Crippen LogP contribution in [0.25, 0.3) is 0 Å². The van der Waals surface area contributed by atoms with Gasteiger partial charge in [-0.1, -0.05) is 12.1 Å². The number of fused-ring (bicyclic) bond motifs is 1. The first kappa shape index (κ1) is 15.3. The van der Waals surface area contributed by atoms with Crippen LogP contribution >= 0.6 is 0 Å². The molecule has 0 atom stereocenters. The van der Waals surface area contributed by atoms with Gasteiger partial charge in [0.05, 0.1) is 0 Å². The number of rotatable bonds is 2. The van der Waals surface area contributed by atoms with E-state index >= 15 is 0 Å². The molecule has 1 N–H and O–H groups in total. The molecule has 0 unspecified atom stereocenters. The van der Waals surface area contributed by atoms with Crippen LogP contribution in [0.3, 0.4) is 0 Å².